The van der Waals surface area contributed by atoms with Crippen molar-refractivity contribution in [3.63, 3.8) is 0 Å². The molecule has 20 heavy (non-hydrogen) atoms. The summed E-state index contributed by atoms with van der Waals surface area (Å²) in [6, 6.07) is 23.9. The minimum absolute atomic E-state index is 1.26. The van der Waals surface area contributed by atoms with Crippen LogP contribution in [0.1, 0.15) is 0 Å². The van der Waals surface area contributed by atoms with Crippen LogP contribution in [0.5, 0.6) is 0 Å². The predicted octanol–water partition coefficient (Wildman–Crippen LogP) is 5.00. The molecule has 4 aromatic rings. The van der Waals surface area contributed by atoms with Gasteiger partial charge in [-0.1, -0.05) is 42.5 Å². The van der Waals surface area contributed by atoms with E-state index in [0.29, 0.717) is 0 Å². The maximum Gasteiger partial charge on any atom is 0.0483 e. The van der Waals surface area contributed by atoms with Gasteiger partial charge in [0.05, 0.1) is 0 Å². The van der Waals surface area contributed by atoms with Crippen molar-refractivity contribution in [3.8, 4) is 11.3 Å². The number of benzene rings is 3. The maximum atomic E-state index is 2.30. The van der Waals surface area contributed by atoms with Gasteiger partial charge < -0.3 is 4.57 Å². The van der Waals surface area contributed by atoms with Crippen molar-refractivity contribution >= 4 is 21.5 Å². The van der Waals surface area contributed by atoms with Gasteiger partial charge in [-0.3, -0.25) is 0 Å². The van der Waals surface area contributed by atoms with Gasteiger partial charge in [0, 0.05) is 24.5 Å². The van der Waals surface area contributed by atoms with Gasteiger partial charge in [0.2, 0.25) is 0 Å². The van der Waals surface area contributed by atoms with Crippen LogP contribution >= 0.6 is 0 Å². The Morgan fingerprint density at radius 1 is 0.700 bits per heavy atom. The van der Waals surface area contributed by atoms with Crippen molar-refractivity contribution in [1.82, 2.24) is 4.57 Å². The molecule has 1 heteroatoms. The van der Waals surface area contributed by atoms with Gasteiger partial charge in [0.15, 0.2) is 0 Å². The lowest BCUT2D eigenvalue weighted by molar-refractivity contribution is 0.938. The molecule has 0 saturated heterocycles. The monoisotopic (exact) mass is 257 g/mol. The summed E-state index contributed by atoms with van der Waals surface area (Å²) in [6.07, 6.45) is 2.09. The number of hydrogen-bond donors (Lipinski definition) is 0. The highest BCUT2D eigenvalue weighted by Gasteiger charge is 2.07. The molecule has 1 heterocycles. The molecule has 0 fully saturated rings. The van der Waals surface area contributed by atoms with Gasteiger partial charge in [0.1, 0.15) is 0 Å². The Morgan fingerprint density at radius 2 is 1.45 bits per heavy atom. The van der Waals surface area contributed by atoms with Crippen molar-refractivity contribution in [2.24, 2.45) is 7.05 Å². The quantitative estimate of drug-likeness (QED) is 0.423. The Labute approximate surface area is 118 Å². The molecule has 3 aromatic carbocycles. The van der Waals surface area contributed by atoms with Gasteiger partial charge in [0.25, 0.3) is 0 Å². The van der Waals surface area contributed by atoms with Crippen LogP contribution in [0.2, 0.25) is 0 Å². The zero-order valence-corrected chi connectivity index (χ0v) is 11.4. The van der Waals surface area contributed by atoms with E-state index < -0.39 is 0 Å². The molecule has 0 unspecified atom stereocenters. The van der Waals surface area contributed by atoms with Crippen LogP contribution in [-0.2, 0) is 7.05 Å². The minimum atomic E-state index is 1.26. The molecule has 0 aliphatic heterocycles. The average Bonchev–Trinajstić information content (AvgIpc) is 2.90. The number of rotatable bonds is 1. The summed E-state index contributed by atoms with van der Waals surface area (Å²) in [5, 5.41) is 5.20. The third-order valence-corrected chi connectivity index (χ3v) is 3.97. The van der Waals surface area contributed by atoms with Crippen LogP contribution in [0.15, 0.2) is 72.9 Å². The van der Waals surface area contributed by atoms with Crippen LogP contribution in [0.25, 0.3) is 32.8 Å². The Hall–Kier alpha value is -2.54. The minimum Gasteiger partial charge on any atom is -0.351 e. The van der Waals surface area contributed by atoms with E-state index in [9.17, 15) is 0 Å². The van der Waals surface area contributed by atoms with E-state index in [1.807, 2.05) is 0 Å². The van der Waals surface area contributed by atoms with Crippen molar-refractivity contribution in [2.45, 2.75) is 0 Å². The number of aryl methyl sites for hydroxylation is 1. The molecule has 0 amide bonds. The van der Waals surface area contributed by atoms with Crippen molar-refractivity contribution < 1.29 is 0 Å². The lowest BCUT2D eigenvalue weighted by Crippen LogP contribution is -1.90. The fourth-order valence-electron chi connectivity index (χ4n) is 2.93. The van der Waals surface area contributed by atoms with E-state index in [-0.39, 0.29) is 0 Å². The third kappa shape index (κ3) is 1.64. The van der Waals surface area contributed by atoms with Crippen LogP contribution in [0.4, 0.5) is 0 Å². The zero-order chi connectivity index (χ0) is 13.5. The highest BCUT2D eigenvalue weighted by atomic mass is 14.9. The van der Waals surface area contributed by atoms with Gasteiger partial charge >= 0.3 is 0 Å². The Kier molecular flexibility index (Phi) is 2.40. The van der Waals surface area contributed by atoms with Crippen molar-refractivity contribution in [3.05, 3.63) is 72.9 Å². The standard InChI is InChI=1S/C19H15N/c1-20-11-5-10-19(20)17-9-4-8-16-12-14-6-2-3-7-15(14)13-18(16)17/h2-13H,1H3. The highest BCUT2D eigenvalue weighted by molar-refractivity contribution is 6.04. The smallest absolute Gasteiger partial charge is 0.0483 e. The molecule has 4 rings (SSSR count). The molecule has 0 N–H and O–H groups in total. The molecule has 0 atom stereocenters. The average molecular weight is 257 g/mol. The van der Waals surface area contributed by atoms with Crippen LogP contribution in [0, 0.1) is 0 Å². The first-order valence-corrected chi connectivity index (χ1v) is 6.86. The number of nitrogens with zero attached hydrogens (tertiary/aromatic N) is 1. The number of hydrogen-bond acceptors (Lipinski definition) is 0. The molecule has 0 aliphatic rings. The van der Waals surface area contributed by atoms with E-state index >= 15 is 0 Å². The molecule has 0 saturated carbocycles. The molecular formula is C19H15N. The Balaban J connectivity index is 2.12. The van der Waals surface area contributed by atoms with E-state index in [2.05, 4.69) is 84.5 Å². The van der Waals surface area contributed by atoms with E-state index in [0.717, 1.165) is 0 Å². The van der Waals surface area contributed by atoms with Crippen molar-refractivity contribution in [1.29, 1.82) is 0 Å². The van der Waals surface area contributed by atoms with Gasteiger partial charge in [-0.15, -0.1) is 0 Å². The van der Waals surface area contributed by atoms with E-state index in [1.165, 1.54) is 32.8 Å². The van der Waals surface area contributed by atoms with Gasteiger partial charge in [-0.25, -0.2) is 0 Å². The summed E-state index contributed by atoms with van der Waals surface area (Å²) in [5.41, 5.74) is 2.55. The largest absolute Gasteiger partial charge is 0.351 e. The van der Waals surface area contributed by atoms with E-state index in [1.54, 1.807) is 0 Å². The van der Waals surface area contributed by atoms with Gasteiger partial charge in [-0.2, -0.15) is 0 Å². The first kappa shape index (κ1) is 11.3. The summed E-state index contributed by atoms with van der Waals surface area (Å²) >= 11 is 0. The fourth-order valence-corrected chi connectivity index (χ4v) is 2.93. The molecule has 96 valence electrons. The molecule has 0 bridgehead atoms. The molecule has 1 nitrogen and oxygen atoms in total. The molecular weight excluding hydrogens is 242 g/mol. The Morgan fingerprint density at radius 3 is 2.20 bits per heavy atom. The van der Waals surface area contributed by atoms with Crippen LogP contribution in [-0.4, -0.2) is 4.57 Å². The third-order valence-electron chi connectivity index (χ3n) is 3.97. The normalized spacial score (nSPS) is 11.2. The zero-order valence-electron chi connectivity index (χ0n) is 11.4. The lowest BCUT2D eigenvalue weighted by atomic mass is 9.98. The van der Waals surface area contributed by atoms with Gasteiger partial charge in [-0.05, 0) is 45.8 Å². The van der Waals surface area contributed by atoms with E-state index in [4.69, 9.17) is 0 Å². The second kappa shape index (κ2) is 4.24. The molecule has 0 aliphatic carbocycles. The van der Waals surface area contributed by atoms with Crippen LogP contribution in [0.3, 0.4) is 0 Å². The predicted molar refractivity (Wildman–Crippen MR) is 85.9 cm³/mol. The summed E-state index contributed by atoms with van der Waals surface area (Å²) in [6.45, 7) is 0. The first-order valence-electron chi connectivity index (χ1n) is 6.86. The summed E-state index contributed by atoms with van der Waals surface area (Å²) < 4.78 is 2.17. The molecule has 0 radical (unpaired) electrons. The number of aromatic nitrogens is 1. The lowest BCUT2D eigenvalue weighted by Gasteiger charge is -2.09. The highest BCUT2D eigenvalue weighted by Crippen LogP contribution is 2.31. The summed E-state index contributed by atoms with van der Waals surface area (Å²) in [4.78, 5) is 0. The maximum absolute atomic E-state index is 2.30. The van der Waals surface area contributed by atoms with Crippen molar-refractivity contribution in [2.75, 3.05) is 0 Å². The second-order valence-electron chi connectivity index (χ2n) is 5.23. The molecule has 0 spiro atoms. The Bertz CT molecular complexity index is 915. The topological polar surface area (TPSA) is 4.93 Å². The fraction of sp³-hybridized carbons (Fsp3) is 0.0526. The number of fused-ring (bicyclic) bond motifs is 2. The van der Waals surface area contributed by atoms with Crippen LogP contribution < -0.4 is 0 Å². The first-order chi connectivity index (χ1) is 9.83. The SMILES string of the molecule is Cn1cccc1-c1cccc2cc3ccccc3cc12. The second-order valence-corrected chi connectivity index (χ2v) is 5.23. The molecule has 1 aromatic heterocycles. The summed E-state index contributed by atoms with van der Waals surface area (Å²) in [5.74, 6) is 0. The summed E-state index contributed by atoms with van der Waals surface area (Å²) in [7, 11) is 2.09.